The Morgan fingerprint density at radius 2 is 1.70 bits per heavy atom. The predicted octanol–water partition coefficient (Wildman–Crippen LogP) is 3.09. The van der Waals surface area contributed by atoms with Crippen LogP contribution in [0.3, 0.4) is 0 Å². The second-order valence-electron chi connectivity index (χ2n) is 5.12. The molecule has 0 aromatic heterocycles. The summed E-state index contributed by atoms with van der Waals surface area (Å²) in [5.41, 5.74) is 2.37. The van der Waals surface area contributed by atoms with Crippen molar-refractivity contribution in [3.8, 4) is 16.9 Å². The average molecular weight is 270 g/mol. The molecule has 1 atom stereocenters. The topological polar surface area (TPSA) is 25.8 Å². The van der Waals surface area contributed by atoms with Crippen molar-refractivity contribution < 1.29 is 10.1 Å². The molecule has 0 unspecified atom stereocenters. The van der Waals surface area contributed by atoms with Crippen molar-refractivity contribution in [2.24, 2.45) is 0 Å². The monoisotopic (exact) mass is 270 g/mol. The fourth-order valence-corrected chi connectivity index (χ4v) is 2.14. The molecule has 2 nitrogen and oxygen atoms in total. The molecule has 0 aliphatic carbocycles. The Labute approximate surface area is 121 Å². The van der Waals surface area contributed by atoms with Gasteiger partial charge in [-0.05, 0) is 25.0 Å². The van der Waals surface area contributed by atoms with Gasteiger partial charge in [-0.1, -0.05) is 55.5 Å². The molecule has 2 rings (SSSR count). The number of benzene rings is 2. The molecule has 0 aliphatic heterocycles. The lowest BCUT2D eigenvalue weighted by Crippen LogP contribution is -2.90. The number of nitrogens with two attached hydrogens (primary N) is 1. The standard InChI is InChI=1S/C18H23NO/c1-3-15(2)19-13-14-20-18-12-8-7-11-17(18)16-9-5-4-6-10-16/h4-12,15,19H,3,13-14H2,1-2H3/p+1/t15-/m0/s1. The second kappa shape index (κ2) is 7.71. The molecule has 0 heterocycles. The third kappa shape index (κ3) is 4.10. The van der Waals surface area contributed by atoms with Gasteiger partial charge in [0.2, 0.25) is 0 Å². The lowest BCUT2D eigenvalue weighted by Gasteiger charge is -2.12. The van der Waals surface area contributed by atoms with Crippen LogP contribution in [0, 0.1) is 0 Å². The second-order valence-corrected chi connectivity index (χ2v) is 5.12. The van der Waals surface area contributed by atoms with Crippen molar-refractivity contribution in [3.05, 3.63) is 54.6 Å². The van der Waals surface area contributed by atoms with Crippen LogP contribution in [-0.2, 0) is 0 Å². The summed E-state index contributed by atoms with van der Waals surface area (Å²) in [6, 6.07) is 19.3. The zero-order valence-corrected chi connectivity index (χ0v) is 12.4. The van der Waals surface area contributed by atoms with Crippen LogP contribution >= 0.6 is 0 Å². The first kappa shape index (κ1) is 14.6. The van der Waals surface area contributed by atoms with E-state index in [0.717, 1.165) is 24.5 Å². The van der Waals surface area contributed by atoms with Crippen LogP contribution in [0.4, 0.5) is 0 Å². The van der Waals surface area contributed by atoms with E-state index in [2.05, 4.69) is 55.6 Å². The van der Waals surface area contributed by atoms with E-state index >= 15 is 0 Å². The quantitative estimate of drug-likeness (QED) is 0.769. The minimum Gasteiger partial charge on any atom is -0.487 e. The molecule has 0 aliphatic rings. The molecule has 0 bridgehead atoms. The van der Waals surface area contributed by atoms with Crippen LogP contribution in [-0.4, -0.2) is 19.2 Å². The minimum absolute atomic E-state index is 0.669. The molecule has 0 saturated carbocycles. The van der Waals surface area contributed by atoms with Crippen LogP contribution in [0.15, 0.2) is 54.6 Å². The highest BCUT2D eigenvalue weighted by atomic mass is 16.5. The SMILES string of the molecule is CC[C@H](C)[NH2+]CCOc1ccccc1-c1ccccc1. The van der Waals surface area contributed by atoms with Gasteiger partial charge in [0.25, 0.3) is 0 Å². The number of rotatable bonds is 7. The highest BCUT2D eigenvalue weighted by Gasteiger charge is 2.06. The summed E-state index contributed by atoms with van der Waals surface area (Å²) in [4.78, 5) is 0. The zero-order valence-electron chi connectivity index (χ0n) is 12.4. The Morgan fingerprint density at radius 1 is 1.00 bits per heavy atom. The predicted molar refractivity (Wildman–Crippen MR) is 83.9 cm³/mol. The van der Waals surface area contributed by atoms with Gasteiger partial charge in [0.1, 0.15) is 18.9 Å². The van der Waals surface area contributed by atoms with Gasteiger partial charge in [-0.3, -0.25) is 0 Å². The highest BCUT2D eigenvalue weighted by Crippen LogP contribution is 2.29. The Kier molecular flexibility index (Phi) is 5.63. The van der Waals surface area contributed by atoms with Gasteiger partial charge in [-0.25, -0.2) is 0 Å². The van der Waals surface area contributed by atoms with Gasteiger partial charge in [0.15, 0.2) is 0 Å². The number of hydrogen-bond donors (Lipinski definition) is 1. The van der Waals surface area contributed by atoms with Crippen LogP contribution in [0.5, 0.6) is 5.75 Å². The third-order valence-electron chi connectivity index (χ3n) is 3.56. The van der Waals surface area contributed by atoms with Gasteiger partial charge in [0.05, 0.1) is 6.04 Å². The smallest absolute Gasteiger partial charge is 0.137 e. The maximum atomic E-state index is 5.96. The molecule has 0 amide bonds. The molecule has 2 heteroatoms. The summed E-state index contributed by atoms with van der Waals surface area (Å²) in [6.07, 6.45) is 1.20. The molecule has 2 N–H and O–H groups in total. The van der Waals surface area contributed by atoms with Gasteiger partial charge in [0, 0.05) is 5.56 Å². The van der Waals surface area contributed by atoms with Gasteiger partial charge in [-0.15, -0.1) is 0 Å². The highest BCUT2D eigenvalue weighted by molar-refractivity contribution is 5.70. The number of ether oxygens (including phenoxy) is 1. The lowest BCUT2D eigenvalue weighted by molar-refractivity contribution is -0.686. The van der Waals surface area contributed by atoms with E-state index in [1.807, 2.05) is 18.2 Å². The molecule has 2 aromatic carbocycles. The molecule has 0 spiro atoms. The van der Waals surface area contributed by atoms with Crippen LogP contribution < -0.4 is 10.1 Å². The molecule has 0 saturated heterocycles. The summed E-state index contributed by atoms with van der Waals surface area (Å²) >= 11 is 0. The summed E-state index contributed by atoms with van der Waals surface area (Å²) < 4.78 is 5.96. The van der Waals surface area contributed by atoms with Crippen molar-refractivity contribution in [1.29, 1.82) is 0 Å². The van der Waals surface area contributed by atoms with E-state index in [4.69, 9.17) is 4.74 Å². The summed E-state index contributed by atoms with van der Waals surface area (Å²) in [6.45, 7) is 6.21. The Bertz CT molecular complexity index is 510. The molecular weight excluding hydrogens is 246 g/mol. The van der Waals surface area contributed by atoms with E-state index in [0.29, 0.717) is 6.04 Å². The molecular formula is C18H24NO+. The van der Waals surface area contributed by atoms with E-state index in [1.54, 1.807) is 0 Å². The third-order valence-corrected chi connectivity index (χ3v) is 3.56. The Hall–Kier alpha value is -1.80. The van der Waals surface area contributed by atoms with E-state index in [1.165, 1.54) is 12.0 Å². The van der Waals surface area contributed by atoms with Crippen LogP contribution in [0.2, 0.25) is 0 Å². The fourth-order valence-electron chi connectivity index (χ4n) is 2.14. The summed E-state index contributed by atoms with van der Waals surface area (Å²) in [7, 11) is 0. The lowest BCUT2D eigenvalue weighted by atomic mass is 10.1. The van der Waals surface area contributed by atoms with Crippen molar-refractivity contribution in [3.63, 3.8) is 0 Å². The van der Waals surface area contributed by atoms with E-state index in [9.17, 15) is 0 Å². The molecule has 0 radical (unpaired) electrons. The Balaban J connectivity index is 1.99. The summed E-state index contributed by atoms with van der Waals surface area (Å²) in [5, 5.41) is 2.34. The fraction of sp³-hybridized carbons (Fsp3) is 0.333. The van der Waals surface area contributed by atoms with Crippen molar-refractivity contribution >= 4 is 0 Å². The van der Waals surface area contributed by atoms with Crippen molar-refractivity contribution in [2.75, 3.05) is 13.2 Å². The summed E-state index contributed by atoms with van der Waals surface area (Å²) in [5.74, 6) is 0.969. The molecule has 2 aromatic rings. The van der Waals surface area contributed by atoms with Crippen LogP contribution in [0.25, 0.3) is 11.1 Å². The largest absolute Gasteiger partial charge is 0.487 e. The average Bonchev–Trinajstić information content (AvgIpc) is 2.52. The van der Waals surface area contributed by atoms with Crippen molar-refractivity contribution in [1.82, 2.24) is 0 Å². The maximum absolute atomic E-state index is 5.96. The zero-order chi connectivity index (χ0) is 14.2. The molecule has 106 valence electrons. The molecule has 0 fully saturated rings. The first-order chi connectivity index (χ1) is 9.81. The van der Waals surface area contributed by atoms with Gasteiger partial charge in [-0.2, -0.15) is 0 Å². The normalized spacial score (nSPS) is 12.1. The van der Waals surface area contributed by atoms with Gasteiger partial charge >= 0.3 is 0 Å². The van der Waals surface area contributed by atoms with E-state index < -0.39 is 0 Å². The Morgan fingerprint density at radius 3 is 2.45 bits per heavy atom. The van der Waals surface area contributed by atoms with Crippen molar-refractivity contribution in [2.45, 2.75) is 26.3 Å². The maximum Gasteiger partial charge on any atom is 0.137 e. The number of para-hydroxylation sites is 1. The first-order valence-corrected chi connectivity index (χ1v) is 7.42. The number of hydrogen-bond acceptors (Lipinski definition) is 1. The van der Waals surface area contributed by atoms with Crippen LogP contribution in [0.1, 0.15) is 20.3 Å². The van der Waals surface area contributed by atoms with E-state index in [-0.39, 0.29) is 0 Å². The first-order valence-electron chi connectivity index (χ1n) is 7.42. The molecule has 20 heavy (non-hydrogen) atoms. The number of quaternary nitrogens is 1. The minimum atomic E-state index is 0.669. The van der Waals surface area contributed by atoms with Gasteiger partial charge < -0.3 is 10.1 Å².